The number of anilines is 1. The van der Waals surface area contributed by atoms with Gasteiger partial charge in [0.25, 0.3) is 0 Å². The van der Waals surface area contributed by atoms with E-state index in [1.54, 1.807) is 13.3 Å². The van der Waals surface area contributed by atoms with Crippen LogP contribution in [0.5, 0.6) is 0 Å². The number of hydrogen-bond donors (Lipinski definition) is 0. The SMILES string of the molecule is COCN(C)c1noc2cc(Br)cnc12. The number of methoxy groups -OCH3 is 1. The average Bonchev–Trinajstić information content (AvgIpc) is 2.60. The predicted molar refractivity (Wildman–Crippen MR) is 59.8 cm³/mol. The normalized spacial score (nSPS) is 10.9. The zero-order valence-corrected chi connectivity index (χ0v) is 9.98. The number of aromatic nitrogens is 2. The van der Waals surface area contributed by atoms with Crippen molar-refractivity contribution in [3.63, 3.8) is 0 Å². The minimum Gasteiger partial charge on any atom is -0.364 e. The summed E-state index contributed by atoms with van der Waals surface area (Å²) in [5.74, 6) is 0.680. The van der Waals surface area contributed by atoms with Crippen LogP contribution in [0, 0.1) is 0 Å². The van der Waals surface area contributed by atoms with E-state index < -0.39 is 0 Å². The van der Waals surface area contributed by atoms with E-state index >= 15 is 0 Å². The number of rotatable bonds is 3. The van der Waals surface area contributed by atoms with Gasteiger partial charge in [-0.2, -0.15) is 0 Å². The van der Waals surface area contributed by atoms with Crippen molar-refractivity contribution < 1.29 is 9.26 Å². The highest BCUT2D eigenvalue weighted by Gasteiger charge is 2.13. The first-order valence-electron chi connectivity index (χ1n) is 4.33. The van der Waals surface area contributed by atoms with Crippen molar-refractivity contribution in [1.82, 2.24) is 10.1 Å². The van der Waals surface area contributed by atoms with Crippen LogP contribution >= 0.6 is 15.9 Å². The molecule has 0 fully saturated rings. The lowest BCUT2D eigenvalue weighted by Gasteiger charge is -2.13. The van der Waals surface area contributed by atoms with Gasteiger partial charge in [-0.3, -0.25) is 0 Å². The Morgan fingerprint density at radius 2 is 2.40 bits per heavy atom. The number of pyridine rings is 1. The second-order valence-electron chi connectivity index (χ2n) is 3.12. The third-order valence-corrected chi connectivity index (χ3v) is 2.38. The van der Waals surface area contributed by atoms with Gasteiger partial charge in [0.05, 0.1) is 0 Å². The van der Waals surface area contributed by atoms with E-state index in [1.807, 2.05) is 18.0 Å². The molecule has 0 aliphatic rings. The van der Waals surface area contributed by atoms with E-state index in [0.29, 0.717) is 18.1 Å². The Labute approximate surface area is 95.1 Å². The van der Waals surface area contributed by atoms with E-state index in [2.05, 4.69) is 26.1 Å². The molecule has 2 aromatic rings. The molecule has 5 nitrogen and oxygen atoms in total. The van der Waals surface area contributed by atoms with Crippen LogP contribution < -0.4 is 4.90 Å². The predicted octanol–water partition coefficient (Wildman–Crippen LogP) is 2.03. The molecular weight excluding hydrogens is 262 g/mol. The van der Waals surface area contributed by atoms with Crippen molar-refractivity contribution >= 4 is 32.8 Å². The summed E-state index contributed by atoms with van der Waals surface area (Å²) in [4.78, 5) is 6.07. The molecule has 0 saturated heterocycles. The van der Waals surface area contributed by atoms with E-state index in [0.717, 1.165) is 9.99 Å². The van der Waals surface area contributed by atoms with Crippen molar-refractivity contribution in [2.75, 3.05) is 25.8 Å². The Hall–Kier alpha value is -1.14. The van der Waals surface area contributed by atoms with Gasteiger partial charge >= 0.3 is 0 Å². The molecule has 6 heteroatoms. The summed E-state index contributed by atoms with van der Waals surface area (Å²) >= 11 is 3.32. The van der Waals surface area contributed by atoms with Crippen LogP contribution in [0.1, 0.15) is 0 Å². The monoisotopic (exact) mass is 271 g/mol. The molecule has 0 radical (unpaired) electrons. The second kappa shape index (κ2) is 4.16. The van der Waals surface area contributed by atoms with Gasteiger partial charge in [0.2, 0.25) is 0 Å². The van der Waals surface area contributed by atoms with Crippen LogP contribution in [0.2, 0.25) is 0 Å². The highest BCUT2D eigenvalue weighted by molar-refractivity contribution is 9.10. The molecule has 0 spiro atoms. The van der Waals surface area contributed by atoms with Gasteiger partial charge in [0.1, 0.15) is 6.73 Å². The Morgan fingerprint density at radius 1 is 1.60 bits per heavy atom. The van der Waals surface area contributed by atoms with E-state index in [-0.39, 0.29) is 0 Å². The fraction of sp³-hybridized carbons (Fsp3) is 0.333. The first kappa shape index (κ1) is 10.4. The molecule has 0 saturated carbocycles. The molecule has 2 rings (SSSR count). The molecule has 2 heterocycles. The Morgan fingerprint density at radius 3 is 3.13 bits per heavy atom. The fourth-order valence-electron chi connectivity index (χ4n) is 1.30. The van der Waals surface area contributed by atoms with E-state index in [9.17, 15) is 0 Å². The lowest BCUT2D eigenvalue weighted by molar-refractivity contribution is 0.201. The molecule has 0 aromatic carbocycles. The van der Waals surface area contributed by atoms with Crippen LogP contribution in [0.4, 0.5) is 5.82 Å². The van der Waals surface area contributed by atoms with Gasteiger partial charge in [0.15, 0.2) is 16.9 Å². The average molecular weight is 272 g/mol. The van der Waals surface area contributed by atoms with Gasteiger partial charge < -0.3 is 14.2 Å². The molecule has 0 unspecified atom stereocenters. The highest BCUT2D eigenvalue weighted by atomic mass is 79.9. The van der Waals surface area contributed by atoms with Crippen molar-refractivity contribution in [3.05, 3.63) is 16.7 Å². The molecule has 80 valence electrons. The topological polar surface area (TPSA) is 51.4 Å². The molecular formula is C9H10BrN3O2. The van der Waals surface area contributed by atoms with Crippen LogP contribution in [0.15, 0.2) is 21.3 Å². The largest absolute Gasteiger partial charge is 0.364 e. The molecule has 0 amide bonds. The smallest absolute Gasteiger partial charge is 0.200 e. The first-order valence-corrected chi connectivity index (χ1v) is 5.12. The zero-order chi connectivity index (χ0) is 10.8. The molecule has 0 N–H and O–H groups in total. The van der Waals surface area contributed by atoms with Crippen molar-refractivity contribution in [3.8, 4) is 0 Å². The maximum atomic E-state index is 5.16. The van der Waals surface area contributed by atoms with Gasteiger partial charge in [-0.15, -0.1) is 0 Å². The zero-order valence-electron chi connectivity index (χ0n) is 8.40. The maximum absolute atomic E-state index is 5.16. The summed E-state index contributed by atoms with van der Waals surface area (Å²) in [5.41, 5.74) is 1.39. The summed E-state index contributed by atoms with van der Waals surface area (Å²) in [6.45, 7) is 0.444. The molecule has 2 aromatic heterocycles. The number of halogens is 1. The molecule has 0 aliphatic heterocycles. The number of ether oxygens (including phenoxy) is 1. The molecule has 15 heavy (non-hydrogen) atoms. The molecule has 0 bridgehead atoms. The third kappa shape index (κ3) is 1.95. The molecule has 0 atom stereocenters. The maximum Gasteiger partial charge on any atom is 0.200 e. The summed E-state index contributed by atoms with van der Waals surface area (Å²) in [6, 6.07) is 1.83. The first-order chi connectivity index (χ1) is 7.22. The second-order valence-corrected chi connectivity index (χ2v) is 4.04. The van der Waals surface area contributed by atoms with Gasteiger partial charge in [-0.1, -0.05) is 5.16 Å². The summed E-state index contributed by atoms with van der Waals surface area (Å²) in [7, 11) is 3.49. The number of hydrogen-bond acceptors (Lipinski definition) is 5. The number of fused-ring (bicyclic) bond motifs is 1. The van der Waals surface area contributed by atoms with Crippen molar-refractivity contribution in [1.29, 1.82) is 0 Å². The van der Waals surface area contributed by atoms with Crippen LogP contribution in [-0.2, 0) is 4.74 Å². The molecule has 0 aliphatic carbocycles. The lowest BCUT2D eigenvalue weighted by Crippen LogP contribution is -2.20. The Balaban J connectivity index is 2.44. The minimum absolute atomic E-state index is 0.444. The van der Waals surface area contributed by atoms with Gasteiger partial charge in [0, 0.05) is 30.9 Å². The van der Waals surface area contributed by atoms with Gasteiger partial charge in [-0.05, 0) is 15.9 Å². The van der Waals surface area contributed by atoms with Crippen LogP contribution in [-0.4, -0.2) is 31.0 Å². The number of nitrogens with zero attached hydrogens (tertiary/aromatic N) is 3. The van der Waals surface area contributed by atoms with E-state index in [4.69, 9.17) is 9.26 Å². The summed E-state index contributed by atoms with van der Waals surface area (Å²) < 4.78 is 11.0. The summed E-state index contributed by atoms with van der Waals surface area (Å²) in [6.07, 6.45) is 1.71. The lowest BCUT2D eigenvalue weighted by atomic mass is 10.4. The summed E-state index contributed by atoms with van der Waals surface area (Å²) in [5, 5.41) is 3.94. The van der Waals surface area contributed by atoms with Gasteiger partial charge in [-0.25, -0.2) is 4.98 Å². The Kier molecular flexibility index (Phi) is 2.88. The standard InChI is InChI=1S/C9H10BrN3O2/c1-13(5-14-2)9-8-7(15-12-9)3-6(10)4-11-8/h3-4H,5H2,1-2H3. The van der Waals surface area contributed by atoms with Crippen LogP contribution in [0.3, 0.4) is 0 Å². The van der Waals surface area contributed by atoms with Crippen molar-refractivity contribution in [2.24, 2.45) is 0 Å². The quantitative estimate of drug-likeness (QED) is 0.800. The highest BCUT2D eigenvalue weighted by Crippen LogP contribution is 2.25. The van der Waals surface area contributed by atoms with Crippen molar-refractivity contribution in [2.45, 2.75) is 0 Å². The van der Waals surface area contributed by atoms with Crippen LogP contribution in [0.25, 0.3) is 11.1 Å². The minimum atomic E-state index is 0.444. The Bertz CT molecular complexity index is 471. The fourth-order valence-corrected chi connectivity index (χ4v) is 1.61. The van der Waals surface area contributed by atoms with E-state index in [1.165, 1.54) is 0 Å². The third-order valence-electron chi connectivity index (χ3n) is 1.95.